The molecule has 3 rings (SSSR count). The molecule has 2 nitrogen and oxygen atoms in total. The van der Waals surface area contributed by atoms with Crippen LogP contribution in [0, 0.1) is 5.82 Å². The van der Waals surface area contributed by atoms with E-state index in [0.717, 1.165) is 21.9 Å². The zero-order chi connectivity index (χ0) is 16.2. The number of carbonyl (C=O) groups excluding carboxylic acids is 1. The van der Waals surface area contributed by atoms with Crippen molar-refractivity contribution in [2.75, 3.05) is 0 Å². The number of hydrogen-bond acceptors (Lipinski definition) is 1. The van der Waals surface area contributed by atoms with E-state index < -0.39 is 0 Å². The van der Waals surface area contributed by atoms with Crippen LogP contribution in [0.2, 0.25) is 0 Å². The van der Waals surface area contributed by atoms with E-state index in [1.807, 2.05) is 49.4 Å². The van der Waals surface area contributed by atoms with Crippen molar-refractivity contribution in [1.82, 2.24) is 5.32 Å². The van der Waals surface area contributed by atoms with Gasteiger partial charge in [-0.2, -0.15) is 0 Å². The molecule has 0 spiro atoms. The fourth-order valence-electron chi connectivity index (χ4n) is 2.75. The van der Waals surface area contributed by atoms with E-state index in [4.69, 9.17) is 0 Å². The van der Waals surface area contributed by atoms with E-state index in [-0.39, 0.29) is 17.8 Å². The minimum absolute atomic E-state index is 0.0434. The molecule has 1 unspecified atom stereocenters. The molecule has 0 aliphatic heterocycles. The lowest BCUT2D eigenvalue weighted by Gasteiger charge is -2.15. The van der Waals surface area contributed by atoms with Crippen LogP contribution in [0.15, 0.2) is 66.7 Å². The van der Waals surface area contributed by atoms with Crippen LogP contribution < -0.4 is 5.32 Å². The van der Waals surface area contributed by atoms with Crippen molar-refractivity contribution < 1.29 is 9.18 Å². The van der Waals surface area contributed by atoms with Gasteiger partial charge in [0.15, 0.2) is 0 Å². The molecule has 0 aromatic heterocycles. The van der Waals surface area contributed by atoms with Crippen molar-refractivity contribution in [2.24, 2.45) is 0 Å². The molecular weight excluding hydrogens is 289 g/mol. The number of rotatable bonds is 4. The number of hydrogen-bond donors (Lipinski definition) is 1. The van der Waals surface area contributed by atoms with E-state index in [1.54, 1.807) is 12.1 Å². The van der Waals surface area contributed by atoms with Crippen LogP contribution in [0.25, 0.3) is 10.8 Å². The maximum Gasteiger partial charge on any atom is 0.224 e. The van der Waals surface area contributed by atoms with Gasteiger partial charge < -0.3 is 5.32 Å². The van der Waals surface area contributed by atoms with Crippen molar-refractivity contribution >= 4 is 16.7 Å². The molecule has 0 aliphatic rings. The molecule has 0 radical (unpaired) electrons. The highest BCUT2D eigenvalue weighted by Gasteiger charge is 2.11. The molecule has 3 aromatic carbocycles. The third kappa shape index (κ3) is 3.57. The molecule has 0 fully saturated rings. The molecule has 0 saturated heterocycles. The maximum absolute atomic E-state index is 13.0. The van der Waals surface area contributed by atoms with Crippen LogP contribution in [0.5, 0.6) is 0 Å². The summed E-state index contributed by atoms with van der Waals surface area (Å²) in [6.07, 6.45) is 0.326. The highest BCUT2D eigenvalue weighted by Crippen LogP contribution is 2.19. The van der Waals surface area contributed by atoms with E-state index in [0.29, 0.717) is 6.42 Å². The molecule has 1 N–H and O–H groups in total. The van der Waals surface area contributed by atoms with Gasteiger partial charge in [-0.1, -0.05) is 54.6 Å². The minimum Gasteiger partial charge on any atom is -0.349 e. The molecule has 1 atom stereocenters. The van der Waals surface area contributed by atoms with Gasteiger partial charge in [-0.15, -0.1) is 0 Å². The lowest BCUT2D eigenvalue weighted by Crippen LogP contribution is -2.28. The summed E-state index contributed by atoms with van der Waals surface area (Å²) in [5.41, 5.74) is 1.89. The molecule has 3 heteroatoms. The van der Waals surface area contributed by atoms with E-state index in [9.17, 15) is 9.18 Å². The van der Waals surface area contributed by atoms with Gasteiger partial charge in [0.25, 0.3) is 0 Å². The number of carbonyl (C=O) groups is 1. The summed E-state index contributed by atoms with van der Waals surface area (Å²) >= 11 is 0. The van der Waals surface area contributed by atoms with Gasteiger partial charge in [0, 0.05) is 0 Å². The Kier molecular flexibility index (Phi) is 4.38. The first-order valence-corrected chi connectivity index (χ1v) is 7.65. The third-order valence-corrected chi connectivity index (χ3v) is 3.98. The minimum atomic E-state index is -0.275. The van der Waals surface area contributed by atoms with E-state index >= 15 is 0 Å². The summed E-state index contributed by atoms with van der Waals surface area (Å²) in [5, 5.41) is 5.19. The molecule has 23 heavy (non-hydrogen) atoms. The zero-order valence-electron chi connectivity index (χ0n) is 12.9. The van der Waals surface area contributed by atoms with Crippen molar-refractivity contribution in [3.05, 3.63) is 83.7 Å². The maximum atomic E-state index is 13.0. The third-order valence-electron chi connectivity index (χ3n) is 3.98. The predicted molar refractivity (Wildman–Crippen MR) is 90.6 cm³/mol. The van der Waals surface area contributed by atoms with Gasteiger partial charge in [-0.25, -0.2) is 4.39 Å². The number of benzene rings is 3. The smallest absolute Gasteiger partial charge is 0.224 e. The van der Waals surface area contributed by atoms with Crippen LogP contribution in [-0.4, -0.2) is 5.91 Å². The normalized spacial score (nSPS) is 12.1. The molecule has 0 bridgehead atoms. The Morgan fingerprint density at radius 1 is 1.00 bits per heavy atom. The SMILES string of the molecule is CC(NC(=O)Cc1cccc2ccccc12)c1ccc(F)cc1. The lowest BCUT2D eigenvalue weighted by atomic mass is 10.0. The van der Waals surface area contributed by atoms with Crippen LogP contribution in [0.4, 0.5) is 4.39 Å². The Labute approximate surface area is 135 Å². The predicted octanol–water partition coefficient (Wildman–Crippen LogP) is 4.40. The van der Waals surface area contributed by atoms with Gasteiger partial charge >= 0.3 is 0 Å². The van der Waals surface area contributed by atoms with Gasteiger partial charge in [0.2, 0.25) is 5.91 Å². The van der Waals surface area contributed by atoms with Crippen molar-refractivity contribution in [3.63, 3.8) is 0 Å². The number of nitrogens with one attached hydrogen (secondary N) is 1. The van der Waals surface area contributed by atoms with Crippen LogP contribution in [-0.2, 0) is 11.2 Å². The number of amides is 1. The molecule has 0 saturated carbocycles. The zero-order valence-corrected chi connectivity index (χ0v) is 12.9. The van der Waals surface area contributed by atoms with Crippen LogP contribution >= 0.6 is 0 Å². The van der Waals surface area contributed by atoms with E-state index in [1.165, 1.54) is 12.1 Å². The molecule has 0 aliphatic carbocycles. The summed E-state index contributed by atoms with van der Waals surface area (Å²) in [5.74, 6) is -0.318. The highest BCUT2D eigenvalue weighted by atomic mass is 19.1. The Balaban J connectivity index is 1.72. The van der Waals surface area contributed by atoms with Gasteiger partial charge in [0.1, 0.15) is 5.82 Å². The molecule has 1 amide bonds. The second kappa shape index (κ2) is 6.61. The van der Waals surface area contributed by atoms with Crippen LogP contribution in [0.3, 0.4) is 0 Å². The molecular formula is C20H18FNO. The lowest BCUT2D eigenvalue weighted by molar-refractivity contribution is -0.121. The largest absolute Gasteiger partial charge is 0.349 e. The summed E-state index contributed by atoms with van der Waals surface area (Å²) in [6, 6.07) is 20.1. The molecule has 0 heterocycles. The number of halogens is 1. The standard InChI is InChI=1S/C20H18FNO/c1-14(15-9-11-18(21)12-10-15)22-20(23)13-17-7-4-6-16-5-2-3-8-19(16)17/h2-12,14H,13H2,1H3,(H,22,23). The first kappa shape index (κ1) is 15.2. The topological polar surface area (TPSA) is 29.1 Å². The Morgan fingerprint density at radius 2 is 1.70 bits per heavy atom. The molecule has 116 valence electrons. The Hall–Kier alpha value is -2.68. The first-order chi connectivity index (χ1) is 11.1. The molecule has 3 aromatic rings. The summed E-state index contributed by atoms with van der Waals surface area (Å²) < 4.78 is 13.0. The number of fused-ring (bicyclic) bond motifs is 1. The Morgan fingerprint density at radius 3 is 2.48 bits per heavy atom. The van der Waals surface area contributed by atoms with Gasteiger partial charge in [-0.05, 0) is 41.0 Å². The van der Waals surface area contributed by atoms with Crippen molar-refractivity contribution in [2.45, 2.75) is 19.4 Å². The fraction of sp³-hybridized carbons (Fsp3) is 0.150. The highest BCUT2D eigenvalue weighted by molar-refractivity contribution is 5.90. The van der Waals surface area contributed by atoms with Gasteiger partial charge in [0.05, 0.1) is 12.5 Å². The van der Waals surface area contributed by atoms with Gasteiger partial charge in [-0.3, -0.25) is 4.79 Å². The fourth-order valence-corrected chi connectivity index (χ4v) is 2.75. The quantitative estimate of drug-likeness (QED) is 0.760. The second-order valence-electron chi connectivity index (χ2n) is 5.66. The summed E-state index contributed by atoms with van der Waals surface area (Å²) in [7, 11) is 0. The Bertz CT molecular complexity index is 821. The average Bonchev–Trinajstić information content (AvgIpc) is 2.55. The van der Waals surface area contributed by atoms with Crippen LogP contribution in [0.1, 0.15) is 24.1 Å². The van der Waals surface area contributed by atoms with Crippen molar-refractivity contribution in [3.8, 4) is 0 Å². The monoisotopic (exact) mass is 307 g/mol. The summed E-state index contributed by atoms with van der Waals surface area (Å²) in [6.45, 7) is 1.90. The second-order valence-corrected chi connectivity index (χ2v) is 5.66. The van der Waals surface area contributed by atoms with Crippen molar-refractivity contribution in [1.29, 1.82) is 0 Å². The average molecular weight is 307 g/mol. The van der Waals surface area contributed by atoms with E-state index in [2.05, 4.69) is 5.32 Å². The first-order valence-electron chi connectivity index (χ1n) is 7.65. The summed E-state index contributed by atoms with van der Waals surface area (Å²) in [4.78, 5) is 12.3.